The Morgan fingerprint density at radius 2 is 1.69 bits per heavy atom. The molecule has 0 saturated carbocycles. The summed E-state index contributed by atoms with van der Waals surface area (Å²) in [5, 5.41) is 7.09. The third-order valence-corrected chi connectivity index (χ3v) is 4.47. The summed E-state index contributed by atoms with van der Waals surface area (Å²) in [6, 6.07) is 23.2. The zero-order valence-corrected chi connectivity index (χ0v) is 15.4. The first-order valence-electron chi connectivity index (χ1n) is 8.53. The fourth-order valence-corrected chi connectivity index (χ4v) is 2.85. The second-order valence-corrected chi connectivity index (χ2v) is 6.62. The summed E-state index contributed by atoms with van der Waals surface area (Å²) in [7, 11) is 0. The summed E-state index contributed by atoms with van der Waals surface area (Å²) in [6.45, 7) is 3.39. The quantitative estimate of drug-likeness (QED) is 0.632. The first kappa shape index (κ1) is 18.2. The molecule has 0 spiro atoms. The van der Waals surface area contributed by atoms with Crippen LogP contribution in [0.2, 0.25) is 5.02 Å². The first-order valence-corrected chi connectivity index (χ1v) is 8.91. The molecule has 1 amide bonds. The fraction of sp³-hybridized carbons (Fsp3) is 0.136. The molecule has 0 saturated heterocycles. The molecule has 26 heavy (non-hydrogen) atoms. The Hall–Kier alpha value is -2.62. The maximum atomic E-state index is 12.3. The van der Waals surface area contributed by atoms with Crippen molar-refractivity contribution in [3.63, 3.8) is 0 Å². The SMILES string of the molecule is Cc1ccc(C(=O)Nc2cccc(CNCc3ccccc3Cl)c2)cc1. The van der Waals surface area contributed by atoms with Crippen molar-refractivity contribution in [2.45, 2.75) is 20.0 Å². The summed E-state index contributed by atoms with van der Waals surface area (Å²) in [5.41, 5.74) is 4.73. The van der Waals surface area contributed by atoms with Gasteiger partial charge >= 0.3 is 0 Å². The molecule has 3 aromatic carbocycles. The number of anilines is 1. The molecule has 0 unspecified atom stereocenters. The molecule has 0 atom stereocenters. The Morgan fingerprint density at radius 3 is 2.46 bits per heavy atom. The molecule has 0 fully saturated rings. The number of rotatable bonds is 6. The summed E-state index contributed by atoms with van der Waals surface area (Å²) < 4.78 is 0. The highest BCUT2D eigenvalue weighted by Crippen LogP contribution is 2.16. The predicted octanol–water partition coefficient (Wildman–Crippen LogP) is 5.19. The maximum absolute atomic E-state index is 12.3. The van der Waals surface area contributed by atoms with Crippen molar-refractivity contribution in [2.24, 2.45) is 0 Å². The van der Waals surface area contributed by atoms with E-state index in [9.17, 15) is 4.79 Å². The molecule has 0 aliphatic carbocycles. The van der Waals surface area contributed by atoms with Crippen LogP contribution in [0.5, 0.6) is 0 Å². The Bertz CT molecular complexity index is 891. The van der Waals surface area contributed by atoms with Crippen molar-refractivity contribution in [3.8, 4) is 0 Å². The van der Waals surface area contributed by atoms with E-state index in [0.717, 1.165) is 27.4 Å². The average Bonchev–Trinajstić information content (AvgIpc) is 2.64. The van der Waals surface area contributed by atoms with Gasteiger partial charge in [0.1, 0.15) is 0 Å². The number of aryl methyl sites for hydroxylation is 1. The molecule has 3 aromatic rings. The minimum atomic E-state index is -0.105. The molecule has 3 rings (SSSR count). The van der Waals surface area contributed by atoms with Crippen LogP contribution in [0.15, 0.2) is 72.8 Å². The third-order valence-electron chi connectivity index (χ3n) is 4.10. The molecule has 0 heterocycles. The van der Waals surface area contributed by atoms with Crippen LogP contribution in [0, 0.1) is 6.92 Å². The first-order chi connectivity index (χ1) is 12.6. The van der Waals surface area contributed by atoms with Crippen molar-refractivity contribution in [1.82, 2.24) is 5.32 Å². The van der Waals surface area contributed by atoms with Gasteiger partial charge in [-0.3, -0.25) is 4.79 Å². The van der Waals surface area contributed by atoms with Gasteiger partial charge < -0.3 is 10.6 Å². The zero-order valence-electron chi connectivity index (χ0n) is 14.6. The van der Waals surface area contributed by atoms with E-state index in [1.807, 2.05) is 79.7 Å². The average molecular weight is 365 g/mol. The van der Waals surface area contributed by atoms with Crippen LogP contribution in [0.3, 0.4) is 0 Å². The lowest BCUT2D eigenvalue weighted by atomic mass is 10.1. The molecule has 3 nitrogen and oxygen atoms in total. The monoisotopic (exact) mass is 364 g/mol. The van der Waals surface area contributed by atoms with Crippen molar-refractivity contribution >= 4 is 23.2 Å². The van der Waals surface area contributed by atoms with Gasteiger partial charge in [0.25, 0.3) is 5.91 Å². The van der Waals surface area contributed by atoms with E-state index in [-0.39, 0.29) is 5.91 Å². The lowest BCUT2D eigenvalue weighted by Crippen LogP contribution is -2.14. The van der Waals surface area contributed by atoms with E-state index in [1.54, 1.807) is 0 Å². The van der Waals surface area contributed by atoms with E-state index < -0.39 is 0 Å². The molecule has 0 bridgehead atoms. The Labute approximate surface area is 159 Å². The molecule has 132 valence electrons. The number of benzene rings is 3. The van der Waals surface area contributed by atoms with Gasteiger partial charge in [0.15, 0.2) is 0 Å². The molecule has 0 aliphatic heterocycles. The van der Waals surface area contributed by atoms with Gasteiger partial charge in [-0.25, -0.2) is 0 Å². The highest BCUT2D eigenvalue weighted by Gasteiger charge is 2.06. The number of carbonyl (C=O) groups is 1. The van der Waals surface area contributed by atoms with Crippen LogP contribution in [-0.4, -0.2) is 5.91 Å². The number of hydrogen-bond donors (Lipinski definition) is 2. The van der Waals surface area contributed by atoms with Crippen LogP contribution in [0.25, 0.3) is 0 Å². The topological polar surface area (TPSA) is 41.1 Å². The highest BCUT2D eigenvalue weighted by atomic mass is 35.5. The molecule has 0 aromatic heterocycles. The number of halogens is 1. The summed E-state index contributed by atoms with van der Waals surface area (Å²) in [6.07, 6.45) is 0. The summed E-state index contributed by atoms with van der Waals surface area (Å²) in [5.74, 6) is -0.105. The van der Waals surface area contributed by atoms with E-state index in [2.05, 4.69) is 10.6 Å². The van der Waals surface area contributed by atoms with E-state index in [0.29, 0.717) is 18.7 Å². The molecule has 0 aliphatic rings. The third kappa shape index (κ3) is 4.94. The maximum Gasteiger partial charge on any atom is 0.255 e. The van der Waals surface area contributed by atoms with E-state index in [1.165, 1.54) is 0 Å². The standard InChI is InChI=1S/C22H21ClN2O/c1-16-9-11-18(12-10-16)22(26)25-20-7-4-5-17(13-20)14-24-15-19-6-2-3-8-21(19)23/h2-13,24H,14-15H2,1H3,(H,25,26). The van der Waals surface area contributed by atoms with Crippen LogP contribution in [0.1, 0.15) is 27.0 Å². The number of carbonyl (C=O) groups excluding carboxylic acids is 1. The van der Waals surface area contributed by atoms with Gasteiger partial charge in [-0.05, 0) is 48.4 Å². The van der Waals surface area contributed by atoms with Crippen LogP contribution >= 0.6 is 11.6 Å². The van der Waals surface area contributed by atoms with Crippen LogP contribution in [0.4, 0.5) is 5.69 Å². The highest BCUT2D eigenvalue weighted by molar-refractivity contribution is 6.31. The number of amides is 1. The predicted molar refractivity (Wildman–Crippen MR) is 108 cm³/mol. The van der Waals surface area contributed by atoms with Crippen molar-refractivity contribution in [2.75, 3.05) is 5.32 Å². The van der Waals surface area contributed by atoms with Gasteiger partial charge in [0.2, 0.25) is 0 Å². The van der Waals surface area contributed by atoms with Crippen LogP contribution in [-0.2, 0) is 13.1 Å². The fourth-order valence-electron chi connectivity index (χ4n) is 2.65. The van der Waals surface area contributed by atoms with Crippen molar-refractivity contribution in [1.29, 1.82) is 0 Å². The van der Waals surface area contributed by atoms with Gasteiger partial charge in [-0.15, -0.1) is 0 Å². The Balaban J connectivity index is 1.58. The smallest absolute Gasteiger partial charge is 0.255 e. The van der Waals surface area contributed by atoms with E-state index in [4.69, 9.17) is 11.6 Å². The lowest BCUT2D eigenvalue weighted by molar-refractivity contribution is 0.102. The van der Waals surface area contributed by atoms with Gasteiger partial charge in [-0.2, -0.15) is 0 Å². The lowest BCUT2D eigenvalue weighted by Gasteiger charge is -2.09. The zero-order chi connectivity index (χ0) is 18.4. The number of hydrogen-bond acceptors (Lipinski definition) is 2. The van der Waals surface area contributed by atoms with E-state index >= 15 is 0 Å². The minimum absolute atomic E-state index is 0.105. The molecular formula is C22H21ClN2O. The Kier molecular flexibility index (Phi) is 6.05. The van der Waals surface area contributed by atoms with Gasteiger partial charge in [-0.1, -0.05) is 59.6 Å². The largest absolute Gasteiger partial charge is 0.322 e. The molecule has 4 heteroatoms. The summed E-state index contributed by atoms with van der Waals surface area (Å²) in [4.78, 5) is 12.3. The Morgan fingerprint density at radius 1 is 0.923 bits per heavy atom. The second-order valence-electron chi connectivity index (χ2n) is 6.22. The number of nitrogens with one attached hydrogen (secondary N) is 2. The normalized spacial score (nSPS) is 10.5. The van der Waals surface area contributed by atoms with Crippen molar-refractivity contribution in [3.05, 3.63) is 100 Å². The molecule has 2 N–H and O–H groups in total. The van der Waals surface area contributed by atoms with Crippen LogP contribution < -0.4 is 10.6 Å². The summed E-state index contributed by atoms with van der Waals surface area (Å²) >= 11 is 6.17. The minimum Gasteiger partial charge on any atom is -0.322 e. The van der Waals surface area contributed by atoms with Gasteiger partial charge in [0, 0.05) is 29.4 Å². The molecule has 0 radical (unpaired) electrons. The molecular weight excluding hydrogens is 344 g/mol. The van der Waals surface area contributed by atoms with Gasteiger partial charge in [0.05, 0.1) is 0 Å². The van der Waals surface area contributed by atoms with Crippen molar-refractivity contribution < 1.29 is 4.79 Å². The second kappa shape index (κ2) is 8.65.